The molecular weight excluding hydrogens is 370 g/mol. The molecule has 1 N–H and O–H groups in total. The molecule has 9 nitrogen and oxygen atoms in total. The topological polar surface area (TPSA) is 78.9 Å². The highest BCUT2D eigenvalue weighted by Crippen LogP contribution is 2.28. The van der Waals surface area contributed by atoms with Crippen LogP contribution < -0.4 is 19.9 Å². The Kier molecular flexibility index (Phi) is 6.58. The third kappa shape index (κ3) is 5.04. The summed E-state index contributed by atoms with van der Waals surface area (Å²) in [5, 5.41) is 11.6. The van der Waals surface area contributed by atoms with Gasteiger partial charge in [-0.05, 0) is 12.1 Å². The zero-order chi connectivity index (χ0) is 19.9. The van der Waals surface area contributed by atoms with Crippen LogP contribution in [-0.2, 0) is 4.74 Å². The van der Waals surface area contributed by atoms with Gasteiger partial charge in [-0.3, -0.25) is 4.90 Å². The van der Waals surface area contributed by atoms with Crippen LogP contribution in [0.25, 0.3) is 0 Å². The minimum absolute atomic E-state index is 0.586. The molecular formula is C20H29N7O2. The van der Waals surface area contributed by atoms with Crippen LogP contribution in [-0.4, -0.2) is 92.8 Å². The number of hydrogen-bond acceptors (Lipinski definition) is 9. The lowest BCUT2D eigenvalue weighted by Crippen LogP contribution is -2.47. The van der Waals surface area contributed by atoms with Gasteiger partial charge in [0.05, 0.1) is 32.2 Å². The zero-order valence-corrected chi connectivity index (χ0v) is 17.0. The van der Waals surface area contributed by atoms with Gasteiger partial charge in [0.1, 0.15) is 5.75 Å². The molecule has 2 fully saturated rings. The van der Waals surface area contributed by atoms with Crippen LogP contribution in [0.15, 0.2) is 30.5 Å². The Hall–Kier alpha value is -2.65. The minimum Gasteiger partial charge on any atom is -0.495 e. The van der Waals surface area contributed by atoms with E-state index in [1.165, 1.54) is 0 Å². The Morgan fingerprint density at radius 1 is 1.03 bits per heavy atom. The molecule has 3 heterocycles. The van der Waals surface area contributed by atoms with Gasteiger partial charge in [0, 0.05) is 52.4 Å². The Morgan fingerprint density at radius 2 is 1.79 bits per heavy atom. The summed E-state index contributed by atoms with van der Waals surface area (Å²) in [4.78, 5) is 11.7. The van der Waals surface area contributed by atoms with Crippen molar-refractivity contribution in [3.63, 3.8) is 0 Å². The van der Waals surface area contributed by atoms with Crippen molar-refractivity contribution in [2.24, 2.45) is 0 Å². The predicted molar refractivity (Wildman–Crippen MR) is 113 cm³/mol. The van der Waals surface area contributed by atoms with E-state index >= 15 is 0 Å². The van der Waals surface area contributed by atoms with Crippen LogP contribution >= 0.6 is 0 Å². The molecule has 0 atom stereocenters. The van der Waals surface area contributed by atoms with Gasteiger partial charge in [-0.1, -0.05) is 12.1 Å². The van der Waals surface area contributed by atoms with Gasteiger partial charge in [0.2, 0.25) is 5.95 Å². The first-order valence-corrected chi connectivity index (χ1v) is 10.2. The summed E-state index contributed by atoms with van der Waals surface area (Å²) in [5.74, 6) is 2.37. The first kappa shape index (κ1) is 19.7. The van der Waals surface area contributed by atoms with Gasteiger partial charge in [-0.2, -0.15) is 10.1 Å². The van der Waals surface area contributed by atoms with Gasteiger partial charge in [-0.15, -0.1) is 5.10 Å². The largest absolute Gasteiger partial charge is 0.495 e. The lowest BCUT2D eigenvalue weighted by molar-refractivity contribution is 0.0398. The first-order valence-electron chi connectivity index (χ1n) is 10.2. The normalized spacial score (nSPS) is 18.0. The van der Waals surface area contributed by atoms with Crippen LogP contribution in [0.1, 0.15) is 0 Å². The number of hydrogen-bond donors (Lipinski definition) is 1. The van der Waals surface area contributed by atoms with Crippen molar-refractivity contribution in [1.82, 2.24) is 20.1 Å². The Labute approximate surface area is 171 Å². The number of aromatic nitrogens is 3. The highest BCUT2D eigenvalue weighted by molar-refractivity contribution is 5.59. The fourth-order valence-electron chi connectivity index (χ4n) is 3.74. The van der Waals surface area contributed by atoms with Crippen molar-refractivity contribution in [3.8, 4) is 5.75 Å². The number of morpholine rings is 1. The van der Waals surface area contributed by atoms with E-state index in [2.05, 4.69) is 41.3 Å². The molecule has 0 saturated carbocycles. The molecule has 0 aliphatic carbocycles. The quantitative estimate of drug-likeness (QED) is 0.732. The lowest BCUT2D eigenvalue weighted by Gasteiger charge is -2.37. The third-order valence-electron chi connectivity index (χ3n) is 5.39. The third-order valence-corrected chi connectivity index (χ3v) is 5.39. The van der Waals surface area contributed by atoms with E-state index in [1.807, 2.05) is 18.2 Å². The number of nitrogens with one attached hydrogen (secondary N) is 1. The number of ether oxygens (including phenoxy) is 2. The maximum Gasteiger partial charge on any atom is 0.244 e. The number of anilines is 3. The molecule has 0 unspecified atom stereocenters. The monoisotopic (exact) mass is 399 g/mol. The molecule has 2 aliphatic rings. The zero-order valence-electron chi connectivity index (χ0n) is 17.0. The number of para-hydroxylation sites is 2. The lowest BCUT2D eigenvalue weighted by atomic mass is 10.2. The maximum absolute atomic E-state index is 5.50. The van der Waals surface area contributed by atoms with E-state index in [-0.39, 0.29) is 0 Å². The smallest absolute Gasteiger partial charge is 0.244 e. The number of nitrogens with zero attached hydrogens (tertiary/aromatic N) is 6. The minimum atomic E-state index is 0.586. The van der Waals surface area contributed by atoms with Crippen LogP contribution in [0.4, 0.5) is 17.5 Å². The van der Waals surface area contributed by atoms with Crippen LogP contribution in [0.3, 0.4) is 0 Å². The fraction of sp³-hybridized carbons (Fsp3) is 0.550. The van der Waals surface area contributed by atoms with Gasteiger partial charge in [0.15, 0.2) is 5.82 Å². The maximum atomic E-state index is 5.50. The van der Waals surface area contributed by atoms with Crippen molar-refractivity contribution in [2.75, 3.05) is 87.8 Å². The van der Waals surface area contributed by atoms with Gasteiger partial charge >= 0.3 is 0 Å². The van der Waals surface area contributed by atoms with Crippen LogP contribution in [0.2, 0.25) is 0 Å². The van der Waals surface area contributed by atoms with E-state index in [9.17, 15) is 0 Å². The molecule has 29 heavy (non-hydrogen) atoms. The molecule has 0 spiro atoms. The highest BCUT2D eigenvalue weighted by atomic mass is 16.5. The Bertz CT molecular complexity index is 777. The second-order valence-corrected chi connectivity index (χ2v) is 7.16. The summed E-state index contributed by atoms with van der Waals surface area (Å²) in [5.41, 5.74) is 1.14. The highest BCUT2D eigenvalue weighted by Gasteiger charge is 2.21. The SMILES string of the molecule is COc1ccccc1N1CCN(c2cnnc(NCCN3CCOCC3)n2)CC1. The molecule has 156 valence electrons. The molecule has 4 rings (SSSR count). The summed E-state index contributed by atoms with van der Waals surface area (Å²) in [6, 6.07) is 8.16. The molecule has 0 amide bonds. The fourth-order valence-corrected chi connectivity index (χ4v) is 3.74. The number of benzene rings is 1. The molecule has 2 aliphatic heterocycles. The summed E-state index contributed by atoms with van der Waals surface area (Å²) < 4.78 is 10.9. The van der Waals surface area contributed by atoms with Crippen molar-refractivity contribution in [2.45, 2.75) is 0 Å². The number of piperazine rings is 1. The predicted octanol–water partition coefficient (Wildman–Crippen LogP) is 0.951. The molecule has 0 radical (unpaired) electrons. The van der Waals surface area contributed by atoms with Crippen molar-refractivity contribution >= 4 is 17.5 Å². The van der Waals surface area contributed by atoms with Gasteiger partial charge in [0.25, 0.3) is 0 Å². The van der Waals surface area contributed by atoms with E-state index in [0.29, 0.717) is 5.95 Å². The van der Waals surface area contributed by atoms with Crippen LogP contribution in [0, 0.1) is 0 Å². The van der Waals surface area contributed by atoms with E-state index in [0.717, 1.165) is 82.8 Å². The summed E-state index contributed by atoms with van der Waals surface area (Å²) in [6.07, 6.45) is 1.74. The van der Waals surface area contributed by atoms with Gasteiger partial charge in [-0.25, -0.2) is 0 Å². The standard InChI is InChI=1S/C20H29N7O2/c1-28-18-5-3-2-4-17(18)26-8-10-27(11-9-26)19-16-22-24-20(23-19)21-6-7-25-12-14-29-15-13-25/h2-5,16H,6-15H2,1H3,(H,21,23,24). The molecule has 2 aromatic rings. The van der Waals surface area contributed by atoms with E-state index in [1.54, 1.807) is 13.3 Å². The Balaban J connectivity index is 1.30. The summed E-state index contributed by atoms with van der Waals surface area (Å²) in [7, 11) is 1.72. The van der Waals surface area contributed by atoms with Crippen molar-refractivity contribution in [3.05, 3.63) is 30.5 Å². The summed E-state index contributed by atoms with van der Waals surface area (Å²) >= 11 is 0. The van der Waals surface area contributed by atoms with Gasteiger partial charge < -0.3 is 24.6 Å². The van der Waals surface area contributed by atoms with E-state index in [4.69, 9.17) is 9.47 Å². The second kappa shape index (κ2) is 9.71. The van der Waals surface area contributed by atoms with Crippen molar-refractivity contribution in [1.29, 1.82) is 0 Å². The average molecular weight is 399 g/mol. The molecule has 0 bridgehead atoms. The Morgan fingerprint density at radius 3 is 2.59 bits per heavy atom. The summed E-state index contributed by atoms with van der Waals surface area (Å²) in [6.45, 7) is 8.92. The first-order chi connectivity index (χ1) is 14.3. The molecule has 1 aromatic heterocycles. The van der Waals surface area contributed by atoms with Crippen molar-refractivity contribution < 1.29 is 9.47 Å². The molecule has 1 aromatic carbocycles. The molecule has 2 saturated heterocycles. The number of methoxy groups -OCH3 is 1. The number of rotatable bonds is 7. The van der Waals surface area contributed by atoms with Crippen LogP contribution in [0.5, 0.6) is 5.75 Å². The average Bonchev–Trinajstić information content (AvgIpc) is 2.80. The second-order valence-electron chi connectivity index (χ2n) is 7.16. The molecule has 9 heteroatoms. The van der Waals surface area contributed by atoms with E-state index < -0.39 is 0 Å².